The van der Waals surface area contributed by atoms with Gasteiger partial charge in [0.25, 0.3) is 0 Å². The Labute approximate surface area is 182 Å². The standard InChI is InChI=1S/C20H24N2O10/c23-7-13-17(27)19(29)15(25)11(31-13)3-1-9-5-22-10(6-21-9)2-4-12-16(26)20(30)18(28)14(8-24)32-12/h5-6,11-20,23-30H,7-8H2. The fourth-order valence-corrected chi connectivity index (χ4v) is 3.19. The molecule has 3 heterocycles. The van der Waals surface area contributed by atoms with E-state index in [1.165, 1.54) is 12.4 Å². The van der Waals surface area contributed by atoms with Crippen molar-refractivity contribution in [2.75, 3.05) is 13.2 Å². The van der Waals surface area contributed by atoms with Crippen molar-refractivity contribution in [1.29, 1.82) is 0 Å². The Balaban J connectivity index is 1.67. The van der Waals surface area contributed by atoms with Crippen LogP contribution in [0.3, 0.4) is 0 Å². The van der Waals surface area contributed by atoms with Crippen molar-refractivity contribution in [3.8, 4) is 23.7 Å². The Morgan fingerprint density at radius 2 is 1.00 bits per heavy atom. The highest BCUT2D eigenvalue weighted by Crippen LogP contribution is 2.21. The Kier molecular flexibility index (Phi) is 8.10. The van der Waals surface area contributed by atoms with Gasteiger partial charge >= 0.3 is 0 Å². The molecule has 0 aliphatic carbocycles. The van der Waals surface area contributed by atoms with E-state index in [9.17, 15) is 40.9 Å². The molecule has 32 heavy (non-hydrogen) atoms. The number of hydrogen-bond donors (Lipinski definition) is 8. The summed E-state index contributed by atoms with van der Waals surface area (Å²) in [7, 11) is 0. The predicted octanol–water partition coefficient (Wildman–Crippen LogP) is -5.14. The summed E-state index contributed by atoms with van der Waals surface area (Å²) in [5.41, 5.74) is 0.362. The molecular weight excluding hydrogens is 428 g/mol. The zero-order chi connectivity index (χ0) is 23.4. The maximum Gasteiger partial charge on any atom is 0.147 e. The van der Waals surface area contributed by atoms with E-state index in [0.29, 0.717) is 0 Å². The maximum absolute atomic E-state index is 9.98. The molecule has 0 radical (unpaired) electrons. The first kappa shape index (κ1) is 24.4. The van der Waals surface area contributed by atoms with Gasteiger partial charge in [0.05, 0.1) is 25.6 Å². The normalized spacial score (nSPS) is 39.4. The number of hydrogen-bond acceptors (Lipinski definition) is 12. The second-order valence-electron chi connectivity index (χ2n) is 7.32. The fourth-order valence-electron chi connectivity index (χ4n) is 3.19. The molecule has 0 spiro atoms. The third kappa shape index (κ3) is 5.23. The molecule has 12 heteroatoms. The molecule has 2 aliphatic rings. The summed E-state index contributed by atoms with van der Waals surface area (Å²) in [6, 6.07) is 0. The smallest absolute Gasteiger partial charge is 0.147 e. The molecule has 0 amide bonds. The van der Waals surface area contributed by atoms with Crippen molar-refractivity contribution >= 4 is 0 Å². The van der Waals surface area contributed by atoms with E-state index in [-0.39, 0.29) is 11.4 Å². The summed E-state index contributed by atoms with van der Waals surface area (Å²) in [5.74, 6) is 10.3. The fraction of sp³-hybridized carbons (Fsp3) is 0.600. The molecule has 174 valence electrons. The molecule has 0 bridgehead atoms. The number of ether oxygens (including phenoxy) is 2. The van der Waals surface area contributed by atoms with Gasteiger partial charge in [0, 0.05) is 0 Å². The van der Waals surface area contributed by atoms with Crippen LogP contribution in [0.5, 0.6) is 0 Å². The van der Waals surface area contributed by atoms with E-state index in [0.717, 1.165) is 0 Å². The van der Waals surface area contributed by atoms with Gasteiger partial charge in [0.2, 0.25) is 0 Å². The van der Waals surface area contributed by atoms with Crippen molar-refractivity contribution < 1.29 is 50.3 Å². The first-order chi connectivity index (χ1) is 15.3. The lowest BCUT2D eigenvalue weighted by Gasteiger charge is -2.37. The SMILES string of the molecule is OCC1OC(C#Cc2cnc(C#CC3OC(CO)C(O)C(O)C3O)cn2)C(O)C(O)C1O. The Morgan fingerprint density at radius 1 is 0.625 bits per heavy atom. The van der Waals surface area contributed by atoms with Gasteiger partial charge in [-0.15, -0.1) is 0 Å². The molecule has 12 nitrogen and oxygen atoms in total. The van der Waals surface area contributed by atoms with Crippen LogP contribution in [0.1, 0.15) is 11.4 Å². The second kappa shape index (κ2) is 10.6. The van der Waals surface area contributed by atoms with Crippen molar-refractivity contribution in [1.82, 2.24) is 9.97 Å². The molecule has 2 aliphatic heterocycles. The zero-order valence-electron chi connectivity index (χ0n) is 16.6. The third-order valence-corrected chi connectivity index (χ3v) is 5.12. The van der Waals surface area contributed by atoms with Gasteiger partial charge in [-0.05, 0) is 11.8 Å². The predicted molar refractivity (Wildman–Crippen MR) is 103 cm³/mol. The minimum atomic E-state index is -1.54. The summed E-state index contributed by atoms with van der Waals surface area (Å²) in [6.07, 6.45) is -10.9. The van der Waals surface area contributed by atoms with Crippen LogP contribution >= 0.6 is 0 Å². The minimum absolute atomic E-state index is 0.181. The topological polar surface area (TPSA) is 206 Å². The minimum Gasteiger partial charge on any atom is -0.394 e. The number of aliphatic hydroxyl groups is 8. The van der Waals surface area contributed by atoms with Crippen molar-refractivity contribution in [3.05, 3.63) is 23.8 Å². The lowest BCUT2D eigenvalue weighted by atomic mass is 9.95. The molecule has 0 saturated carbocycles. The second-order valence-corrected chi connectivity index (χ2v) is 7.32. The first-order valence-electron chi connectivity index (χ1n) is 9.73. The molecular formula is C20H24N2O10. The molecule has 2 saturated heterocycles. The van der Waals surface area contributed by atoms with E-state index in [4.69, 9.17) is 9.47 Å². The quantitative estimate of drug-likeness (QED) is 0.198. The van der Waals surface area contributed by atoms with Crippen molar-refractivity contribution in [2.45, 2.75) is 61.0 Å². The van der Waals surface area contributed by atoms with Crippen LogP contribution in [0.15, 0.2) is 12.4 Å². The van der Waals surface area contributed by atoms with E-state index in [1.807, 2.05) is 0 Å². The lowest BCUT2D eigenvalue weighted by molar-refractivity contribution is -0.214. The van der Waals surface area contributed by atoms with E-state index in [1.54, 1.807) is 0 Å². The van der Waals surface area contributed by atoms with Gasteiger partial charge < -0.3 is 50.3 Å². The van der Waals surface area contributed by atoms with Crippen LogP contribution in [0, 0.1) is 23.7 Å². The highest BCUT2D eigenvalue weighted by atomic mass is 16.5. The van der Waals surface area contributed by atoms with E-state index >= 15 is 0 Å². The summed E-state index contributed by atoms with van der Waals surface area (Å²) in [4.78, 5) is 8.06. The third-order valence-electron chi connectivity index (χ3n) is 5.12. The van der Waals surface area contributed by atoms with Gasteiger partial charge in [-0.2, -0.15) is 0 Å². The average molecular weight is 452 g/mol. The van der Waals surface area contributed by atoms with Crippen LogP contribution in [0.25, 0.3) is 0 Å². The van der Waals surface area contributed by atoms with Gasteiger partial charge in [0.15, 0.2) is 0 Å². The van der Waals surface area contributed by atoms with E-state index in [2.05, 4.69) is 33.6 Å². The lowest BCUT2D eigenvalue weighted by Crippen LogP contribution is -2.58. The van der Waals surface area contributed by atoms with Gasteiger partial charge in [-0.3, -0.25) is 0 Å². The Hall–Kier alpha value is -2.20. The molecule has 8 N–H and O–H groups in total. The maximum atomic E-state index is 9.98. The molecule has 0 aromatic carbocycles. The monoisotopic (exact) mass is 452 g/mol. The van der Waals surface area contributed by atoms with Crippen LogP contribution in [-0.4, -0.2) is 125 Å². The number of aromatic nitrogens is 2. The van der Waals surface area contributed by atoms with Gasteiger partial charge in [-0.1, -0.05) is 11.8 Å². The number of nitrogens with zero attached hydrogens (tertiary/aromatic N) is 2. The van der Waals surface area contributed by atoms with Crippen molar-refractivity contribution in [2.24, 2.45) is 0 Å². The number of rotatable bonds is 2. The van der Waals surface area contributed by atoms with Crippen LogP contribution in [0.2, 0.25) is 0 Å². The van der Waals surface area contributed by atoms with Crippen LogP contribution < -0.4 is 0 Å². The molecule has 1 aromatic rings. The van der Waals surface area contributed by atoms with E-state index < -0.39 is 74.3 Å². The van der Waals surface area contributed by atoms with Gasteiger partial charge in [-0.25, -0.2) is 9.97 Å². The summed E-state index contributed by atoms with van der Waals surface area (Å²) in [5, 5.41) is 77.4. The Bertz CT molecular complexity index is 815. The Morgan fingerprint density at radius 3 is 1.31 bits per heavy atom. The zero-order valence-corrected chi connectivity index (χ0v) is 16.6. The highest BCUT2D eigenvalue weighted by Gasteiger charge is 2.43. The van der Waals surface area contributed by atoms with Crippen LogP contribution in [0.4, 0.5) is 0 Å². The molecule has 3 rings (SSSR count). The molecule has 2 fully saturated rings. The summed E-state index contributed by atoms with van der Waals surface area (Å²) in [6.45, 7) is -1.13. The first-order valence-corrected chi connectivity index (χ1v) is 9.73. The largest absolute Gasteiger partial charge is 0.394 e. The average Bonchev–Trinajstić information content (AvgIpc) is 2.81. The summed E-state index contributed by atoms with van der Waals surface area (Å²) >= 11 is 0. The van der Waals surface area contributed by atoms with Crippen LogP contribution in [-0.2, 0) is 9.47 Å². The molecule has 1 aromatic heterocycles. The highest BCUT2D eigenvalue weighted by molar-refractivity contribution is 5.32. The van der Waals surface area contributed by atoms with Gasteiger partial charge in [0.1, 0.15) is 72.4 Å². The molecule has 10 unspecified atom stereocenters. The molecule has 10 atom stereocenters. The summed E-state index contributed by atoms with van der Waals surface area (Å²) < 4.78 is 10.6. The van der Waals surface area contributed by atoms with Crippen molar-refractivity contribution in [3.63, 3.8) is 0 Å². The number of aliphatic hydroxyl groups excluding tert-OH is 8.